The van der Waals surface area contributed by atoms with Crippen LogP contribution in [-0.2, 0) is 0 Å². The van der Waals surface area contributed by atoms with Gasteiger partial charge in [0.2, 0.25) is 0 Å². The van der Waals surface area contributed by atoms with E-state index in [-0.39, 0.29) is 0 Å². The van der Waals surface area contributed by atoms with Gasteiger partial charge in [0.25, 0.3) is 0 Å². The molecule has 0 radical (unpaired) electrons. The van der Waals surface area contributed by atoms with Crippen LogP contribution in [0.15, 0.2) is 36.4 Å². The second-order valence-electron chi connectivity index (χ2n) is 3.87. The average Bonchev–Trinajstić information content (AvgIpc) is 2.38. The topological polar surface area (TPSA) is 99.6 Å². The summed E-state index contributed by atoms with van der Waals surface area (Å²) < 4.78 is 0. The SMILES string of the molecule is N#Cc1cc(C#N)cc(-c2ccc(N)cc2N)c1. The van der Waals surface area contributed by atoms with Gasteiger partial charge in [0, 0.05) is 16.9 Å². The second-order valence-corrected chi connectivity index (χ2v) is 3.87. The third kappa shape index (κ3) is 2.09. The molecule has 0 unspecified atom stereocenters. The fourth-order valence-electron chi connectivity index (χ4n) is 1.76. The van der Waals surface area contributed by atoms with Gasteiger partial charge in [-0.3, -0.25) is 0 Å². The molecule has 0 saturated heterocycles. The van der Waals surface area contributed by atoms with Crippen LogP contribution in [0.1, 0.15) is 11.1 Å². The third-order valence-corrected chi connectivity index (χ3v) is 2.58. The van der Waals surface area contributed by atoms with Crippen LogP contribution < -0.4 is 11.5 Å². The number of nitrogens with two attached hydrogens (primary N) is 2. The van der Waals surface area contributed by atoms with Crippen LogP contribution in [0.2, 0.25) is 0 Å². The quantitative estimate of drug-likeness (QED) is 0.739. The molecule has 2 rings (SSSR count). The van der Waals surface area contributed by atoms with Crippen LogP contribution >= 0.6 is 0 Å². The lowest BCUT2D eigenvalue weighted by atomic mass is 9.99. The van der Waals surface area contributed by atoms with E-state index in [1.54, 1.807) is 30.3 Å². The van der Waals surface area contributed by atoms with Gasteiger partial charge in [-0.15, -0.1) is 0 Å². The zero-order valence-corrected chi connectivity index (χ0v) is 9.51. The first-order valence-corrected chi connectivity index (χ1v) is 5.24. The van der Waals surface area contributed by atoms with Crippen molar-refractivity contribution in [1.29, 1.82) is 10.5 Å². The highest BCUT2D eigenvalue weighted by molar-refractivity contribution is 5.80. The van der Waals surface area contributed by atoms with Crippen LogP contribution in [0.4, 0.5) is 11.4 Å². The van der Waals surface area contributed by atoms with Gasteiger partial charge >= 0.3 is 0 Å². The molecule has 0 aromatic heterocycles. The summed E-state index contributed by atoms with van der Waals surface area (Å²) in [5.41, 5.74) is 15.0. The number of anilines is 2. The summed E-state index contributed by atoms with van der Waals surface area (Å²) in [5, 5.41) is 17.9. The second kappa shape index (κ2) is 4.48. The molecule has 0 bridgehead atoms. The summed E-state index contributed by atoms with van der Waals surface area (Å²) >= 11 is 0. The van der Waals surface area contributed by atoms with Gasteiger partial charge in [0.1, 0.15) is 0 Å². The lowest BCUT2D eigenvalue weighted by Crippen LogP contribution is -1.94. The largest absolute Gasteiger partial charge is 0.399 e. The summed E-state index contributed by atoms with van der Waals surface area (Å²) in [5.74, 6) is 0. The highest BCUT2D eigenvalue weighted by Crippen LogP contribution is 2.29. The first kappa shape index (κ1) is 11.5. The molecule has 4 heteroatoms. The van der Waals surface area contributed by atoms with E-state index in [2.05, 4.69) is 0 Å². The molecule has 0 heterocycles. The fourth-order valence-corrected chi connectivity index (χ4v) is 1.76. The minimum Gasteiger partial charge on any atom is -0.399 e. The standard InChI is InChI=1S/C14H10N4/c15-7-9-3-10(8-16)5-11(4-9)13-2-1-12(17)6-14(13)18/h1-6H,17-18H2. The van der Waals surface area contributed by atoms with E-state index in [4.69, 9.17) is 22.0 Å². The van der Waals surface area contributed by atoms with Crippen LogP contribution in [0.3, 0.4) is 0 Å². The lowest BCUT2D eigenvalue weighted by molar-refractivity contribution is 1.44. The van der Waals surface area contributed by atoms with E-state index in [9.17, 15) is 0 Å². The molecule has 86 valence electrons. The smallest absolute Gasteiger partial charge is 0.0992 e. The number of rotatable bonds is 1. The summed E-state index contributed by atoms with van der Waals surface area (Å²) in [7, 11) is 0. The van der Waals surface area contributed by atoms with E-state index in [1.165, 1.54) is 6.07 Å². The van der Waals surface area contributed by atoms with E-state index in [0.29, 0.717) is 22.5 Å². The highest BCUT2D eigenvalue weighted by atomic mass is 14.6. The Balaban J connectivity index is 2.64. The molecule has 0 saturated carbocycles. The van der Waals surface area contributed by atoms with Crippen LogP contribution in [0, 0.1) is 22.7 Å². The predicted molar refractivity (Wildman–Crippen MR) is 70.1 cm³/mol. The Kier molecular flexibility index (Phi) is 2.87. The molecule has 0 aliphatic carbocycles. The fraction of sp³-hybridized carbons (Fsp3) is 0. The molecule has 0 atom stereocenters. The summed E-state index contributed by atoms with van der Waals surface area (Å²) in [6, 6.07) is 14.2. The summed E-state index contributed by atoms with van der Waals surface area (Å²) in [6.45, 7) is 0. The molecule has 0 aliphatic heterocycles. The molecular weight excluding hydrogens is 224 g/mol. The van der Waals surface area contributed by atoms with E-state index in [0.717, 1.165) is 11.1 Å². The normalized spacial score (nSPS) is 9.44. The molecule has 0 spiro atoms. The van der Waals surface area contributed by atoms with Crippen molar-refractivity contribution >= 4 is 11.4 Å². The maximum absolute atomic E-state index is 8.93. The van der Waals surface area contributed by atoms with Gasteiger partial charge in [-0.05, 0) is 35.9 Å². The first-order chi connectivity index (χ1) is 8.63. The average molecular weight is 234 g/mol. The van der Waals surface area contributed by atoms with Crippen LogP contribution in [0.25, 0.3) is 11.1 Å². The number of hydrogen-bond acceptors (Lipinski definition) is 4. The first-order valence-electron chi connectivity index (χ1n) is 5.24. The Labute approximate surface area is 105 Å². The molecule has 0 amide bonds. The van der Waals surface area contributed by atoms with Gasteiger partial charge in [0.05, 0.1) is 23.3 Å². The van der Waals surface area contributed by atoms with E-state index >= 15 is 0 Å². The third-order valence-electron chi connectivity index (χ3n) is 2.58. The molecule has 4 N–H and O–H groups in total. The van der Waals surface area contributed by atoms with Crippen molar-refractivity contribution in [2.75, 3.05) is 11.5 Å². The van der Waals surface area contributed by atoms with Gasteiger partial charge in [-0.1, -0.05) is 6.07 Å². The Morgan fingerprint density at radius 1 is 0.833 bits per heavy atom. The number of benzene rings is 2. The minimum absolute atomic E-state index is 0.431. The van der Waals surface area contributed by atoms with E-state index in [1.807, 2.05) is 12.1 Å². The Hall–Kier alpha value is -2.98. The van der Waals surface area contributed by atoms with Crippen LogP contribution in [-0.4, -0.2) is 0 Å². The Morgan fingerprint density at radius 3 is 1.94 bits per heavy atom. The van der Waals surface area contributed by atoms with Crippen molar-refractivity contribution < 1.29 is 0 Å². The summed E-state index contributed by atoms with van der Waals surface area (Å²) in [4.78, 5) is 0. The number of nitriles is 2. The van der Waals surface area contributed by atoms with Crippen molar-refractivity contribution in [3.8, 4) is 23.3 Å². The van der Waals surface area contributed by atoms with Crippen molar-refractivity contribution in [2.45, 2.75) is 0 Å². The molecule has 0 fully saturated rings. The van der Waals surface area contributed by atoms with Gasteiger partial charge in [-0.25, -0.2) is 0 Å². The minimum atomic E-state index is 0.431. The maximum atomic E-state index is 8.93. The van der Waals surface area contributed by atoms with Gasteiger partial charge in [-0.2, -0.15) is 10.5 Å². The molecule has 2 aromatic rings. The lowest BCUT2D eigenvalue weighted by Gasteiger charge is -2.07. The van der Waals surface area contributed by atoms with Crippen molar-refractivity contribution in [2.24, 2.45) is 0 Å². The molecule has 18 heavy (non-hydrogen) atoms. The van der Waals surface area contributed by atoms with Crippen molar-refractivity contribution in [3.63, 3.8) is 0 Å². The summed E-state index contributed by atoms with van der Waals surface area (Å²) in [6.07, 6.45) is 0. The predicted octanol–water partition coefficient (Wildman–Crippen LogP) is 2.26. The Morgan fingerprint density at radius 2 is 1.44 bits per heavy atom. The monoisotopic (exact) mass is 234 g/mol. The molecule has 2 aromatic carbocycles. The molecular formula is C14H10N4. The number of nitrogens with zero attached hydrogens (tertiary/aromatic N) is 2. The van der Waals surface area contributed by atoms with Gasteiger partial charge in [0.15, 0.2) is 0 Å². The van der Waals surface area contributed by atoms with E-state index < -0.39 is 0 Å². The van der Waals surface area contributed by atoms with Crippen molar-refractivity contribution in [1.82, 2.24) is 0 Å². The zero-order chi connectivity index (χ0) is 13.1. The van der Waals surface area contributed by atoms with Crippen molar-refractivity contribution in [3.05, 3.63) is 47.5 Å². The highest BCUT2D eigenvalue weighted by Gasteiger charge is 2.06. The maximum Gasteiger partial charge on any atom is 0.0992 e. The number of hydrogen-bond donors (Lipinski definition) is 2. The molecule has 4 nitrogen and oxygen atoms in total. The Bertz CT molecular complexity index is 658. The zero-order valence-electron chi connectivity index (χ0n) is 9.51. The number of nitrogen functional groups attached to an aromatic ring is 2. The molecule has 0 aliphatic rings. The van der Waals surface area contributed by atoms with Gasteiger partial charge < -0.3 is 11.5 Å². The van der Waals surface area contributed by atoms with Crippen LogP contribution in [0.5, 0.6) is 0 Å².